The topological polar surface area (TPSA) is 23.5 Å². The van der Waals surface area contributed by atoms with Crippen molar-refractivity contribution in [1.82, 2.24) is 4.90 Å². The molecule has 1 atom stereocenters. The molecule has 0 aromatic heterocycles. The minimum absolute atomic E-state index is 0.193. The smallest absolute Gasteiger partial charge is 0.0630 e. The molecule has 12 heavy (non-hydrogen) atoms. The fraction of sp³-hybridized carbons (Fsp3) is 1.00. The Kier molecular flexibility index (Phi) is 4.40. The number of rotatable bonds is 3. The maximum atomic E-state index is 9.39. The second-order valence-corrected chi connectivity index (χ2v) is 4.18. The van der Waals surface area contributed by atoms with Crippen molar-refractivity contribution < 1.29 is 5.11 Å². The van der Waals surface area contributed by atoms with Crippen molar-refractivity contribution in [3.05, 3.63) is 0 Å². The zero-order valence-corrected chi connectivity index (χ0v) is 8.63. The standard InChI is InChI=1S/C9H19NOS/c1-10-4-2-8(3-5-10)6-9(11)7-12/h8-9,11-12H,2-7H2,1H3/t9-/m1/s1. The van der Waals surface area contributed by atoms with E-state index in [1.165, 1.54) is 25.9 Å². The zero-order valence-electron chi connectivity index (χ0n) is 7.74. The molecule has 0 saturated carbocycles. The number of thiol groups is 1. The lowest BCUT2D eigenvalue weighted by atomic mass is 9.92. The van der Waals surface area contributed by atoms with Crippen LogP contribution in [-0.4, -0.2) is 42.0 Å². The molecule has 72 valence electrons. The molecule has 0 unspecified atom stereocenters. The first kappa shape index (κ1) is 10.4. The van der Waals surface area contributed by atoms with Crippen molar-refractivity contribution in [1.29, 1.82) is 0 Å². The van der Waals surface area contributed by atoms with Crippen LogP contribution < -0.4 is 0 Å². The molecule has 1 N–H and O–H groups in total. The number of nitrogens with zero attached hydrogens (tertiary/aromatic N) is 1. The third kappa shape index (κ3) is 3.33. The third-order valence-electron chi connectivity index (χ3n) is 2.65. The highest BCUT2D eigenvalue weighted by molar-refractivity contribution is 7.80. The van der Waals surface area contributed by atoms with Gasteiger partial charge in [-0.3, -0.25) is 0 Å². The van der Waals surface area contributed by atoms with Crippen LogP contribution in [0.25, 0.3) is 0 Å². The Morgan fingerprint density at radius 1 is 1.50 bits per heavy atom. The summed E-state index contributed by atoms with van der Waals surface area (Å²) in [6.07, 6.45) is 3.22. The minimum Gasteiger partial charge on any atom is -0.392 e. The minimum atomic E-state index is -0.193. The van der Waals surface area contributed by atoms with Gasteiger partial charge in [-0.1, -0.05) is 0 Å². The van der Waals surface area contributed by atoms with E-state index in [1.54, 1.807) is 0 Å². The fourth-order valence-electron chi connectivity index (χ4n) is 1.76. The number of aliphatic hydroxyl groups excluding tert-OH is 1. The predicted molar refractivity (Wildman–Crippen MR) is 54.7 cm³/mol. The summed E-state index contributed by atoms with van der Waals surface area (Å²) < 4.78 is 0. The molecule has 0 aliphatic carbocycles. The summed E-state index contributed by atoms with van der Waals surface area (Å²) in [5.74, 6) is 1.33. The molecule has 1 aliphatic heterocycles. The Morgan fingerprint density at radius 3 is 2.58 bits per heavy atom. The number of aliphatic hydroxyl groups is 1. The van der Waals surface area contributed by atoms with E-state index in [4.69, 9.17) is 0 Å². The summed E-state index contributed by atoms with van der Waals surface area (Å²) in [5, 5.41) is 9.39. The van der Waals surface area contributed by atoms with Gasteiger partial charge in [-0.05, 0) is 45.3 Å². The molecule has 3 heteroatoms. The van der Waals surface area contributed by atoms with Crippen LogP contribution in [0, 0.1) is 5.92 Å². The van der Waals surface area contributed by atoms with Crippen molar-refractivity contribution >= 4 is 12.6 Å². The molecular weight excluding hydrogens is 170 g/mol. The Hall–Kier alpha value is 0.270. The van der Waals surface area contributed by atoms with Crippen LogP contribution in [0.5, 0.6) is 0 Å². The first-order valence-electron chi connectivity index (χ1n) is 4.70. The number of piperidine rings is 1. The quantitative estimate of drug-likeness (QED) is 0.647. The highest BCUT2D eigenvalue weighted by Crippen LogP contribution is 2.21. The SMILES string of the molecule is CN1CCC(C[C@@H](O)CS)CC1. The zero-order chi connectivity index (χ0) is 8.97. The number of hydrogen-bond acceptors (Lipinski definition) is 3. The van der Waals surface area contributed by atoms with Crippen LogP contribution in [0.3, 0.4) is 0 Å². The van der Waals surface area contributed by atoms with Gasteiger partial charge in [0.1, 0.15) is 0 Å². The summed E-state index contributed by atoms with van der Waals surface area (Å²) in [5.41, 5.74) is 0. The van der Waals surface area contributed by atoms with Crippen LogP contribution >= 0.6 is 12.6 Å². The Bertz CT molecular complexity index is 124. The molecule has 1 fully saturated rings. The fourth-order valence-corrected chi connectivity index (χ4v) is 1.91. The Balaban J connectivity index is 2.17. The van der Waals surface area contributed by atoms with E-state index in [0.29, 0.717) is 5.75 Å². The molecule has 1 saturated heterocycles. The molecule has 1 rings (SSSR count). The lowest BCUT2D eigenvalue weighted by molar-refractivity contribution is 0.131. The monoisotopic (exact) mass is 189 g/mol. The van der Waals surface area contributed by atoms with Gasteiger partial charge in [0.05, 0.1) is 6.10 Å². The number of likely N-dealkylation sites (tertiary alicyclic amines) is 1. The van der Waals surface area contributed by atoms with E-state index >= 15 is 0 Å². The molecule has 0 bridgehead atoms. The van der Waals surface area contributed by atoms with E-state index in [9.17, 15) is 5.11 Å². The lowest BCUT2D eigenvalue weighted by Gasteiger charge is -2.29. The van der Waals surface area contributed by atoms with Crippen LogP contribution in [0.2, 0.25) is 0 Å². The van der Waals surface area contributed by atoms with Crippen molar-refractivity contribution in [3.63, 3.8) is 0 Å². The van der Waals surface area contributed by atoms with Crippen molar-refractivity contribution in [2.45, 2.75) is 25.4 Å². The summed E-state index contributed by atoms with van der Waals surface area (Å²) in [6, 6.07) is 0. The van der Waals surface area contributed by atoms with Gasteiger partial charge in [-0.2, -0.15) is 12.6 Å². The van der Waals surface area contributed by atoms with Crippen LogP contribution in [-0.2, 0) is 0 Å². The van der Waals surface area contributed by atoms with Crippen molar-refractivity contribution in [2.75, 3.05) is 25.9 Å². The largest absolute Gasteiger partial charge is 0.392 e. The van der Waals surface area contributed by atoms with E-state index in [-0.39, 0.29) is 6.10 Å². The summed E-state index contributed by atoms with van der Waals surface area (Å²) in [7, 11) is 2.16. The summed E-state index contributed by atoms with van der Waals surface area (Å²) in [6.45, 7) is 2.37. The molecule has 0 spiro atoms. The molecule has 1 aliphatic rings. The molecule has 0 amide bonds. The maximum absolute atomic E-state index is 9.39. The first-order valence-corrected chi connectivity index (χ1v) is 5.33. The van der Waals surface area contributed by atoms with E-state index in [1.807, 2.05) is 0 Å². The normalized spacial score (nSPS) is 24.2. The van der Waals surface area contributed by atoms with Crippen LogP contribution in [0.15, 0.2) is 0 Å². The highest BCUT2D eigenvalue weighted by Gasteiger charge is 2.18. The molecule has 1 heterocycles. The van der Waals surface area contributed by atoms with Gasteiger partial charge in [0.15, 0.2) is 0 Å². The van der Waals surface area contributed by atoms with Crippen molar-refractivity contribution in [2.24, 2.45) is 5.92 Å². The van der Waals surface area contributed by atoms with Gasteiger partial charge < -0.3 is 10.0 Å². The molecule has 0 aromatic rings. The maximum Gasteiger partial charge on any atom is 0.0630 e. The molecular formula is C9H19NOS. The van der Waals surface area contributed by atoms with Crippen molar-refractivity contribution in [3.8, 4) is 0 Å². The lowest BCUT2D eigenvalue weighted by Crippen LogP contribution is -2.31. The summed E-state index contributed by atoms with van der Waals surface area (Å²) >= 11 is 4.07. The second-order valence-electron chi connectivity index (χ2n) is 3.82. The predicted octanol–water partition coefficient (Wildman–Crippen LogP) is 1.01. The Labute approximate surface area is 80.4 Å². The Morgan fingerprint density at radius 2 is 2.08 bits per heavy atom. The van der Waals surface area contributed by atoms with Gasteiger partial charge >= 0.3 is 0 Å². The van der Waals surface area contributed by atoms with E-state index < -0.39 is 0 Å². The van der Waals surface area contributed by atoms with Gasteiger partial charge in [-0.25, -0.2) is 0 Å². The van der Waals surface area contributed by atoms with Gasteiger partial charge in [0.2, 0.25) is 0 Å². The first-order chi connectivity index (χ1) is 5.72. The van der Waals surface area contributed by atoms with E-state index in [2.05, 4.69) is 24.6 Å². The van der Waals surface area contributed by atoms with Gasteiger partial charge in [-0.15, -0.1) is 0 Å². The molecule has 0 radical (unpaired) electrons. The molecule has 2 nitrogen and oxygen atoms in total. The third-order valence-corrected chi connectivity index (χ3v) is 3.08. The van der Waals surface area contributed by atoms with Gasteiger partial charge in [0.25, 0.3) is 0 Å². The number of hydrogen-bond donors (Lipinski definition) is 2. The average Bonchev–Trinajstić information content (AvgIpc) is 2.09. The van der Waals surface area contributed by atoms with Crippen LogP contribution in [0.1, 0.15) is 19.3 Å². The highest BCUT2D eigenvalue weighted by atomic mass is 32.1. The summed E-state index contributed by atoms with van der Waals surface area (Å²) in [4.78, 5) is 2.35. The van der Waals surface area contributed by atoms with E-state index in [0.717, 1.165) is 12.3 Å². The van der Waals surface area contributed by atoms with Gasteiger partial charge in [0, 0.05) is 5.75 Å². The average molecular weight is 189 g/mol. The molecule has 0 aromatic carbocycles. The van der Waals surface area contributed by atoms with Crippen LogP contribution in [0.4, 0.5) is 0 Å². The second kappa shape index (κ2) is 5.10.